The van der Waals surface area contributed by atoms with Crippen molar-refractivity contribution in [3.05, 3.63) is 0 Å². The normalized spacial score (nSPS) is 21.7. The summed E-state index contributed by atoms with van der Waals surface area (Å²) >= 11 is 0. The van der Waals surface area contributed by atoms with Crippen molar-refractivity contribution in [2.75, 3.05) is 60.0 Å². The Kier molecular flexibility index (Phi) is 10.9. The van der Waals surface area contributed by atoms with Crippen molar-refractivity contribution >= 4 is 11.9 Å². The van der Waals surface area contributed by atoms with Crippen LogP contribution >= 0.6 is 0 Å². The van der Waals surface area contributed by atoms with E-state index in [2.05, 4.69) is 29.4 Å². The number of nitrogens with zero attached hydrogens (tertiary/aromatic N) is 3. The predicted molar refractivity (Wildman–Crippen MR) is 124 cm³/mol. The predicted octanol–water partition coefficient (Wildman–Crippen LogP) is 2.47. The Morgan fingerprint density at radius 2 is 1.97 bits per heavy atom. The Labute approximate surface area is 184 Å². The first kappa shape index (κ1) is 24.9. The third-order valence-corrected chi connectivity index (χ3v) is 6.57. The molecule has 1 aliphatic carbocycles. The number of likely N-dealkylation sites (tertiary alicyclic amines) is 1. The molecule has 2 fully saturated rings. The van der Waals surface area contributed by atoms with E-state index in [0.717, 1.165) is 77.6 Å². The fraction of sp³-hybridized carbons (Fsp3) is 0.913. The van der Waals surface area contributed by atoms with Crippen LogP contribution in [-0.2, 0) is 9.53 Å². The van der Waals surface area contributed by atoms with E-state index in [0.29, 0.717) is 5.41 Å². The molecule has 0 spiro atoms. The highest BCUT2D eigenvalue weighted by Crippen LogP contribution is 2.41. The first-order valence-corrected chi connectivity index (χ1v) is 12.1. The highest BCUT2D eigenvalue weighted by molar-refractivity contribution is 5.81. The molecule has 7 nitrogen and oxygen atoms in total. The van der Waals surface area contributed by atoms with Crippen LogP contribution in [0.15, 0.2) is 4.99 Å². The van der Waals surface area contributed by atoms with Gasteiger partial charge in [0.25, 0.3) is 0 Å². The molecular weight excluding hydrogens is 378 g/mol. The van der Waals surface area contributed by atoms with Gasteiger partial charge in [-0.3, -0.25) is 14.7 Å². The van der Waals surface area contributed by atoms with E-state index in [1.54, 1.807) is 4.90 Å². The zero-order valence-electron chi connectivity index (χ0n) is 19.8. The van der Waals surface area contributed by atoms with Crippen LogP contribution in [0.2, 0.25) is 0 Å². The third kappa shape index (κ3) is 7.73. The molecule has 1 saturated heterocycles. The number of hydrogen-bond acceptors (Lipinski definition) is 4. The molecule has 1 atom stereocenters. The summed E-state index contributed by atoms with van der Waals surface area (Å²) in [4.78, 5) is 21.4. The van der Waals surface area contributed by atoms with E-state index in [9.17, 15) is 4.79 Å². The summed E-state index contributed by atoms with van der Waals surface area (Å²) in [6, 6.07) is 0.0643. The van der Waals surface area contributed by atoms with Gasteiger partial charge in [-0.2, -0.15) is 0 Å². The van der Waals surface area contributed by atoms with Crippen molar-refractivity contribution in [1.29, 1.82) is 0 Å². The second-order valence-corrected chi connectivity index (χ2v) is 9.06. The number of amides is 1. The van der Waals surface area contributed by atoms with Gasteiger partial charge in [-0.1, -0.05) is 12.8 Å². The summed E-state index contributed by atoms with van der Waals surface area (Å²) in [5.41, 5.74) is 0.312. The first-order chi connectivity index (χ1) is 14.5. The van der Waals surface area contributed by atoms with E-state index < -0.39 is 0 Å². The van der Waals surface area contributed by atoms with Gasteiger partial charge in [0, 0.05) is 53.5 Å². The summed E-state index contributed by atoms with van der Waals surface area (Å²) in [7, 11) is 3.70. The molecule has 1 aliphatic heterocycles. The molecule has 30 heavy (non-hydrogen) atoms. The van der Waals surface area contributed by atoms with Crippen LogP contribution in [0.4, 0.5) is 0 Å². The molecular formula is C23H45N5O2. The topological polar surface area (TPSA) is 69.2 Å². The van der Waals surface area contributed by atoms with Gasteiger partial charge in [0.05, 0.1) is 6.04 Å². The van der Waals surface area contributed by atoms with E-state index in [4.69, 9.17) is 9.73 Å². The van der Waals surface area contributed by atoms with Gasteiger partial charge in [-0.25, -0.2) is 0 Å². The van der Waals surface area contributed by atoms with Crippen LogP contribution in [0.1, 0.15) is 65.2 Å². The van der Waals surface area contributed by atoms with Gasteiger partial charge < -0.3 is 20.3 Å². The number of guanidine groups is 1. The third-order valence-electron chi connectivity index (χ3n) is 6.57. The summed E-state index contributed by atoms with van der Waals surface area (Å²) in [5, 5.41) is 6.90. The number of carbonyl (C=O) groups is 1. The minimum atomic E-state index is 0.0643. The number of ether oxygens (including phenoxy) is 1. The van der Waals surface area contributed by atoms with Crippen molar-refractivity contribution in [3.8, 4) is 0 Å². The van der Waals surface area contributed by atoms with Crippen LogP contribution < -0.4 is 10.6 Å². The average molecular weight is 424 g/mol. The second-order valence-electron chi connectivity index (χ2n) is 9.06. The molecule has 0 bridgehead atoms. The minimum absolute atomic E-state index is 0.0643. The van der Waals surface area contributed by atoms with Crippen LogP contribution in [0.3, 0.4) is 0 Å². The molecule has 0 radical (unpaired) electrons. The molecule has 2 N–H and O–H groups in total. The summed E-state index contributed by atoms with van der Waals surface area (Å²) in [6.07, 6.45) is 9.38. The lowest BCUT2D eigenvalue weighted by atomic mass is 9.83. The maximum Gasteiger partial charge on any atom is 0.239 e. The van der Waals surface area contributed by atoms with Crippen LogP contribution in [-0.4, -0.2) is 87.7 Å². The Morgan fingerprint density at radius 3 is 2.63 bits per heavy atom. The van der Waals surface area contributed by atoms with Crippen LogP contribution in [0, 0.1) is 5.41 Å². The number of nitrogens with one attached hydrogen (secondary N) is 2. The number of aliphatic imine (C=N–C) groups is 1. The van der Waals surface area contributed by atoms with Crippen molar-refractivity contribution in [1.82, 2.24) is 20.4 Å². The molecule has 1 heterocycles. The highest BCUT2D eigenvalue weighted by Gasteiger charge is 2.33. The lowest BCUT2D eigenvalue weighted by molar-refractivity contribution is -0.133. The zero-order valence-corrected chi connectivity index (χ0v) is 19.8. The SMILES string of the molecule is CCNC(=NCC1(CCOCC)CCCC1)NCCCN1CCCC1C(=O)N(C)C. The highest BCUT2D eigenvalue weighted by atomic mass is 16.5. The van der Waals surface area contributed by atoms with Crippen molar-refractivity contribution < 1.29 is 9.53 Å². The minimum Gasteiger partial charge on any atom is -0.382 e. The molecule has 174 valence electrons. The van der Waals surface area contributed by atoms with Gasteiger partial charge in [-0.15, -0.1) is 0 Å². The van der Waals surface area contributed by atoms with Crippen LogP contribution in [0.25, 0.3) is 0 Å². The molecule has 7 heteroatoms. The van der Waals surface area contributed by atoms with E-state index in [1.165, 1.54) is 25.7 Å². The van der Waals surface area contributed by atoms with Gasteiger partial charge in [-0.05, 0) is 64.3 Å². The standard InChI is InChI=1S/C23H45N5O2/c1-5-24-22(26-19-23(12-7-8-13-23)14-18-30-6-2)25-15-10-17-28-16-9-11-20(28)21(29)27(3)4/h20H,5-19H2,1-4H3,(H2,24,25,26). The lowest BCUT2D eigenvalue weighted by Crippen LogP contribution is -2.44. The quantitative estimate of drug-likeness (QED) is 0.287. The fourth-order valence-electron chi connectivity index (χ4n) is 4.79. The second kappa shape index (κ2) is 13.2. The van der Waals surface area contributed by atoms with E-state index in [-0.39, 0.29) is 11.9 Å². The molecule has 0 aromatic carbocycles. The maximum atomic E-state index is 12.3. The van der Waals surface area contributed by atoms with Gasteiger partial charge in [0.1, 0.15) is 0 Å². The van der Waals surface area contributed by atoms with Gasteiger partial charge in [0.15, 0.2) is 5.96 Å². The van der Waals surface area contributed by atoms with Crippen molar-refractivity contribution in [2.45, 2.75) is 71.3 Å². The molecule has 1 unspecified atom stereocenters. The Bertz CT molecular complexity index is 532. The van der Waals surface area contributed by atoms with E-state index in [1.807, 2.05) is 14.1 Å². The number of rotatable bonds is 12. The zero-order chi connectivity index (χ0) is 21.8. The van der Waals surface area contributed by atoms with E-state index >= 15 is 0 Å². The summed E-state index contributed by atoms with van der Waals surface area (Å²) in [5.74, 6) is 1.16. The Balaban J connectivity index is 1.79. The molecule has 2 aliphatic rings. The maximum absolute atomic E-state index is 12.3. The van der Waals surface area contributed by atoms with Gasteiger partial charge >= 0.3 is 0 Å². The van der Waals surface area contributed by atoms with Gasteiger partial charge in [0.2, 0.25) is 5.91 Å². The molecule has 1 amide bonds. The Hall–Kier alpha value is -1.34. The first-order valence-electron chi connectivity index (χ1n) is 12.1. The smallest absolute Gasteiger partial charge is 0.239 e. The van der Waals surface area contributed by atoms with Crippen molar-refractivity contribution in [3.63, 3.8) is 0 Å². The fourth-order valence-corrected chi connectivity index (χ4v) is 4.79. The summed E-state index contributed by atoms with van der Waals surface area (Å²) < 4.78 is 5.63. The largest absolute Gasteiger partial charge is 0.382 e. The van der Waals surface area contributed by atoms with Crippen molar-refractivity contribution in [2.24, 2.45) is 10.4 Å². The summed E-state index contributed by atoms with van der Waals surface area (Å²) in [6.45, 7) is 10.4. The van der Waals surface area contributed by atoms with Crippen LogP contribution in [0.5, 0.6) is 0 Å². The number of likely N-dealkylation sites (N-methyl/N-ethyl adjacent to an activating group) is 1. The number of hydrogen-bond donors (Lipinski definition) is 2. The molecule has 0 aromatic rings. The molecule has 1 saturated carbocycles. The lowest BCUT2D eigenvalue weighted by Gasteiger charge is -2.27. The molecule has 2 rings (SSSR count). The molecule has 0 aromatic heterocycles. The number of carbonyl (C=O) groups excluding carboxylic acids is 1. The Morgan fingerprint density at radius 1 is 1.20 bits per heavy atom. The average Bonchev–Trinajstić information content (AvgIpc) is 3.39. The monoisotopic (exact) mass is 423 g/mol.